The number of hydrogen-bond acceptors (Lipinski definition) is 4. The number of benzene rings is 1. The summed E-state index contributed by atoms with van der Waals surface area (Å²) in [6.07, 6.45) is 1.10. The fourth-order valence-corrected chi connectivity index (χ4v) is 1.51. The van der Waals surface area contributed by atoms with Gasteiger partial charge in [0, 0.05) is 6.07 Å². The highest BCUT2D eigenvalue weighted by Crippen LogP contribution is 2.22. The molecule has 0 aliphatic heterocycles. The molecule has 0 radical (unpaired) electrons. The summed E-state index contributed by atoms with van der Waals surface area (Å²) in [7, 11) is 0. The summed E-state index contributed by atoms with van der Waals surface area (Å²) in [5.41, 5.74) is 0. The van der Waals surface area contributed by atoms with E-state index >= 15 is 0 Å². The van der Waals surface area contributed by atoms with Crippen LogP contribution in [0.15, 0.2) is 24.3 Å². The number of aliphatic hydroxyl groups excluding tert-OH is 2. The Morgan fingerprint density at radius 3 is 1.72 bits per heavy atom. The van der Waals surface area contributed by atoms with Gasteiger partial charge in [-0.25, -0.2) is 0 Å². The summed E-state index contributed by atoms with van der Waals surface area (Å²) < 4.78 is 11.2. The summed E-state index contributed by atoms with van der Waals surface area (Å²) in [6, 6.07) is 7.26. The molecule has 102 valence electrons. The zero-order valence-corrected chi connectivity index (χ0v) is 11.0. The second-order valence-corrected chi connectivity index (χ2v) is 4.14. The lowest BCUT2D eigenvalue weighted by atomic mass is 10.2. The fraction of sp³-hybridized carbons (Fsp3) is 0.571. The molecule has 0 amide bonds. The van der Waals surface area contributed by atoms with Crippen molar-refractivity contribution in [1.82, 2.24) is 0 Å². The summed E-state index contributed by atoms with van der Waals surface area (Å²) >= 11 is 0. The molecule has 2 atom stereocenters. The van der Waals surface area contributed by atoms with E-state index in [-0.39, 0.29) is 25.4 Å². The second-order valence-electron chi connectivity index (χ2n) is 4.14. The molecule has 4 nitrogen and oxygen atoms in total. The standard InChI is InChI=1S/C14H22O4/c1-3-11(9-15)17-13-6-5-7-14(8-13)18-12(4-2)10-16/h5-8,11-12,15-16H,3-4,9-10H2,1-2H3. The van der Waals surface area contributed by atoms with E-state index in [0.29, 0.717) is 11.5 Å². The van der Waals surface area contributed by atoms with Crippen molar-refractivity contribution in [2.75, 3.05) is 13.2 Å². The zero-order chi connectivity index (χ0) is 13.4. The van der Waals surface area contributed by atoms with Gasteiger partial charge in [-0.1, -0.05) is 19.9 Å². The number of hydrogen-bond donors (Lipinski definition) is 2. The van der Waals surface area contributed by atoms with Crippen LogP contribution in [0.5, 0.6) is 11.5 Å². The van der Waals surface area contributed by atoms with Crippen molar-refractivity contribution in [3.63, 3.8) is 0 Å². The molecule has 1 rings (SSSR count). The number of aliphatic hydroxyl groups is 2. The van der Waals surface area contributed by atoms with Crippen molar-refractivity contribution in [2.24, 2.45) is 0 Å². The van der Waals surface area contributed by atoms with E-state index in [9.17, 15) is 0 Å². The molecule has 1 aromatic carbocycles. The Balaban J connectivity index is 2.66. The van der Waals surface area contributed by atoms with Crippen molar-refractivity contribution in [3.8, 4) is 11.5 Å². The van der Waals surface area contributed by atoms with E-state index in [2.05, 4.69) is 0 Å². The average molecular weight is 254 g/mol. The van der Waals surface area contributed by atoms with E-state index < -0.39 is 0 Å². The van der Waals surface area contributed by atoms with Crippen LogP contribution in [0.1, 0.15) is 26.7 Å². The number of rotatable bonds is 8. The topological polar surface area (TPSA) is 58.9 Å². The second kappa shape index (κ2) is 7.95. The van der Waals surface area contributed by atoms with Gasteiger partial charge in [0.05, 0.1) is 13.2 Å². The third kappa shape index (κ3) is 4.55. The molecule has 0 heterocycles. The molecule has 0 fully saturated rings. The van der Waals surface area contributed by atoms with E-state index in [0.717, 1.165) is 12.8 Å². The summed E-state index contributed by atoms with van der Waals surface area (Å²) in [4.78, 5) is 0. The third-order valence-electron chi connectivity index (χ3n) is 2.73. The van der Waals surface area contributed by atoms with Crippen molar-refractivity contribution in [2.45, 2.75) is 38.9 Å². The summed E-state index contributed by atoms with van der Waals surface area (Å²) in [5, 5.41) is 18.2. The van der Waals surface area contributed by atoms with E-state index in [1.165, 1.54) is 0 Å². The maximum absolute atomic E-state index is 9.09. The first-order valence-corrected chi connectivity index (χ1v) is 6.38. The Kier molecular flexibility index (Phi) is 6.54. The first-order chi connectivity index (χ1) is 8.73. The normalized spacial score (nSPS) is 14.0. The van der Waals surface area contributed by atoms with Crippen LogP contribution >= 0.6 is 0 Å². The molecule has 2 unspecified atom stereocenters. The lowest BCUT2D eigenvalue weighted by Gasteiger charge is -2.18. The van der Waals surface area contributed by atoms with Crippen molar-refractivity contribution < 1.29 is 19.7 Å². The SMILES string of the molecule is CCC(CO)Oc1cccc(OC(CC)CO)c1. The Hall–Kier alpha value is -1.26. The maximum Gasteiger partial charge on any atom is 0.123 e. The van der Waals surface area contributed by atoms with Gasteiger partial charge in [0.25, 0.3) is 0 Å². The molecule has 0 aromatic heterocycles. The third-order valence-corrected chi connectivity index (χ3v) is 2.73. The summed E-state index contributed by atoms with van der Waals surface area (Å²) in [6.45, 7) is 3.91. The van der Waals surface area contributed by atoms with Gasteiger partial charge in [0.1, 0.15) is 23.7 Å². The molecule has 1 aromatic rings. The van der Waals surface area contributed by atoms with Crippen LogP contribution in [0.3, 0.4) is 0 Å². The highest BCUT2D eigenvalue weighted by Gasteiger charge is 2.09. The molecular formula is C14H22O4. The van der Waals surface area contributed by atoms with Crippen molar-refractivity contribution in [1.29, 1.82) is 0 Å². The van der Waals surface area contributed by atoms with Crippen LogP contribution in [-0.2, 0) is 0 Å². The van der Waals surface area contributed by atoms with Crippen LogP contribution in [0.25, 0.3) is 0 Å². The first kappa shape index (κ1) is 14.8. The minimum atomic E-state index is -0.194. The highest BCUT2D eigenvalue weighted by atomic mass is 16.5. The Morgan fingerprint density at radius 2 is 1.39 bits per heavy atom. The molecule has 0 aliphatic carbocycles. The Morgan fingerprint density at radius 1 is 0.944 bits per heavy atom. The minimum Gasteiger partial charge on any atom is -0.488 e. The summed E-state index contributed by atoms with van der Waals surface area (Å²) in [5.74, 6) is 1.34. The Bertz CT molecular complexity index is 303. The van der Waals surface area contributed by atoms with Gasteiger partial charge >= 0.3 is 0 Å². The quantitative estimate of drug-likeness (QED) is 0.745. The van der Waals surface area contributed by atoms with E-state index in [1.807, 2.05) is 32.0 Å². The molecule has 0 spiro atoms. The predicted molar refractivity (Wildman–Crippen MR) is 70.0 cm³/mol. The number of ether oxygens (including phenoxy) is 2. The molecule has 0 saturated carbocycles. The van der Waals surface area contributed by atoms with Crippen LogP contribution in [0, 0.1) is 0 Å². The maximum atomic E-state index is 9.09. The van der Waals surface area contributed by atoms with Crippen LogP contribution in [-0.4, -0.2) is 35.6 Å². The van der Waals surface area contributed by atoms with Gasteiger partial charge in [-0.3, -0.25) is 0 Å². The molecular weight excluding hydrogens is 232 g/mol. The van der Waals surface area contributed by atoms with Gasteiger partial charge in [-0.05, 0) is 25.0 Å². The van der Waals surface area contributed by atoms with E-state index in [4.69, 9.17) is 19.7 Å². The van der Waals surface area contributed by atoms with Gasteiger partial charge in [0.2, 0.25) is 0 Å². The van der Waals surface area contributed by atoms with Crippen LogP contribution < -0.4 is 9.47 Å². The largest absolute Gasteiger partial charge is 0.488 e. The molecule has 18 heavy (non-hydrogen) atoms. The van der Waals surface area contributed by atoms with Crippen LogP contribution in [0.2, 0.25) is 0 Å². The highest BCUT2D eigenvalue weighted by molar-refractivity contribution is 5.33. The van der Waals surface area contributed by atoms with Gasteiger partial charge in [0.15, 0.2) is 0 Å². The predicted octanol–water partition coefficient (Wildman–Crippen LogP) is 1.99. The first-order valence-electron chi connectivity index (χ1n) is 6.38. The lowest BCUT2D eigenvalue weighted by molar-refractivity contribution is 0.106. The smallest absolute Gasteiger partial charge is 0.123 e. The lowest BCUT2D eigenvalue weighted by Crippen LogP contribution is -2.21. The minimum absolute atomic E-state index is 0.00416. The van der Waals surface area contributed by atoms with Crippen molar-refractivity contribution >= 4 is 0 Å². The molecule has 0 aliphatic rings. The average Bonchev–Trinajstić information content (AvgIpc) is 2.42. The monoisotopic (exact) mass is 254 g/mol. The Labute approximate surface area is 108 Å². The molecule has 2 N–H and O–H groups in total. The fourth-order valence-electron chi connectivity index (χ4n) is 1.51. The van der Waals surface area contributed by atoms with Gasteiger partial charge < -0.3 is 19.7 Å². The molecule has 0 bridgehead atoms. The zero-order valence-electron chi connectivity index (χ0n) is 11.0. The molecule has 4 heteroatoms. The molecule has 0 saturated heterocycles. The van der Waals surface area contributed by atoms with Crippen LogP contribution in [0.4, 0.5) is 0 Å². The van der Waals surface area contributed by atoms with E-state index in [1.54, 1.807) is 6.07 Å². The van der Waals surface area contributed by atoms with Crippen molar-refractivity contribution in [3.05, 3.63) is 24.3 Å². The van der Waals surface area contributed by atoms with Gasteiger partial charge in [-0.2, -0.15) is 0 Å². The van der Waals surface area contributed by atoms with Gasteiger partial charge in [-0.15, -0.1) is 0 Å².